The quantitative estimate of drug-likeness (QED) is 0.471. The second kappa shape index (κ2) is 8.07. The van der Waals surface area contributed by atoms with Crippen molar-refractivity contribution in [2.24, 2.45) is 0 Å². The summed E-state index contributed by atoms with van der Waals surface area (Å²) in [5.74, 6) is -0.390. The minimum atomic E-state index is -0.384. The third-order valence-corrected chi connectivity index (χ3v) is 5.85. The number of carbonyl (C=O) groups excluding carboxylic acids is 1. The molecule has 3 heterocycles. The number of aromatic nitrogens is 4. The Balaban J connectivity index is 1.67. The third kappa shape index (κ3) is 3.65. The van der Waals surface area contributed by atoms with Crippen LogP contribution in [0, 0.1) is 5.82 Å². The molecule has 2 aromatic heterocycles. The van der Waals surface area contributed by atoms with E-state index in [0.717, 1.165) is 31.5 Å². The molecule has 8 heteroatoms. The highest BCUT2D eigenvalue weighted by Gasteiger charge is 2.24. The highest BCUT2D eigenvalue weighted by Crippen LogP contribution is 2.37. The lowest BCUT2D eigenvalue weighted by atomic mass is 10.1. The monoisotopic (exact) mass is 435 g/mol. The lowest BCUT2D eigenvalue weighted by Gasteiger charge is -2.15. The number of rotatable bonds is 4. The molecule has 1 saturated heterocycles. The molecular formula is C23H19ClFN5O. The zero-order valence-electron chi connectivity index (χ0n) is 16.6. The van der Waals surface area contributed by atoms with E-state index in [0.29, 0.717) is 33.0 Å². The zero-order valence-corrected chi connectivity index (χ0v) is 17.4. The van der Waals surface area contributed by atoms with Gasteiger partial charge in [0, 0.05) is 24.2 Å². The molecule has 0 aliphatic carbocycles. The van der Waals surface area contributed by atoms with Crippen molar-refractivity contribution in [1.29, 1.82) is 0 Å². The van der Waals surface area contributed by atoms with E-state index >= 15 is 0 Å². The van der Waals surface area contributed by atoms with E-state index < -0.39 is 0 Å². The van der Waals surface area contributed by atoms with Gasteiger partial charge in [0.2, 0.25) is 5.91 Å². The number of nitrogens with zero attached hydrogens (tertiary/aromatic N) is 5. The highest BCUT2D eigenvalue weighted by atomic mass is 35.5. The predicted octanol–water partition coefficient (Wildman–Crippen LogP) is 4.58. The first-order chi connectivity index (χ1) is 15.1. The molecule has 4 aromatic rings. The van der Waals surface area contributed by atoms with E-state index in [1.54, 1.807) is 16.8 Å². The number of hydrogen-bond acceptors (Lipinski definition) is 4. The summed E-state index contributed by atoms with van der Waals surface area (Å²) in [6.45, 7) is 1.59. The van der Waals surface area contributed by atoms with Crippen molar-refractivity contribution < 1.29 is 9.18 Å². The Morgan fingerprint density at radius 1 is 0.968 bits per heavy atom. The Labute approximate surface area is 183 Å². The molecule has 1 aliphatic rings. The first kappa shape index (κ1) is 19.6. The van der Waals surface area contributed by atoms with Crippen LogP contribution in [0.3, 0.4) is 0 Å². The smallest absolute Gasteiger partial charge is 0.244 e. The molecule has 0 radical (unpaired) electrons. The predicted molar refractivity (Wildman–Crippen MR) is 117 cm³/mol. The van der Waals surface area contributed by atoms with Gasteiger partial charge in [0.15, 0.2) is 5.65 Å². The molecule has 31 heavy (non-hydrogen) atoms. The Morgan fingerprint density at radius 3 is 2.45 bits per heavy atom. The van der Waals surface area contributed by atoms with E-state index in [4.69, 9.17) is 16.7 Å². The second-order valence-electron chi connectivity index (χ2n) is 7.53. The number of hydrogen-bond donors (Lipinski definition) is 0. The van der Waals surface area contributed by atoms with Gasteiger partial charge in [-0.05, 0) is 25.0 Å². The summed E-state index contributed by atoms with van der Waals surface area (Å²) in [5.41, 5.74) is 2.79. The lowest BCUT2D eigenvalue weighted by molar-refractivity contribution is -0.130. The van der Waals surface area contributed by atoms with Crippen LogP contribution in [0.1, 0.15) is 12.8 Å². The topological polar surface area (TPSA) is 63.9 Å². The molecule has 0 atom stereocenters. The van der Waals surface area contributed by atoms with Crippen LogP contribution in [0.4, 0.5) is 4.39 Å². The van der Waals surface area contributed by atoms with Crippen LogP contribution in [-0.2, 0) is 11.3 Å². The van der Waals surface area contributed by atoms with Gasteiger partial charge in [0.1, 0.15) is 23.7 Å². The van der Waals surface area contributed by atoms with Crippen molar-refractivity contribution in [2.75, 3.05) is 13.1 Å². The van der Waals surface area contributed by atoms with Gasteiger partial charge in [-0.2, -0.15) is 5.10 Å². The number of carbonyl (C=O) groups is 1. The second-order valence-corrected chi connectivity index (χ2v) is 7.91. The molecule has 0 N–H and O–H groups in total. The van der Waals surface area contributed by atoms with Crippen LogP contribution in [0.25, 0.3) is 33.5 Å². The lowest BCUT2D eigenvalue weighted by Crippen LogP contribution is -2.31. The van der Waals surface area contributed by atoms with Crippen molar-refractivity contribution in [2.45, 2.75) is 19.4 Å². The van der Waals surface area contributed by atoms with Gasteiger partial charge in [0.25, 0.3) is 0 Å². The van der Waals surface area contributed by atoms with Crippen molar-refractivity contribution in [3.8, 4) is 22.5 Å². The van der Waals surface area contributed by atoms with E-state index in [9.17, 15) is 9.18 Å². The third-order valence-electron chi connectivity index (χ3n) is 5.49. The zero-order chi connectivity index (χ0) is 21.4. The molecule has 0 unspecified atom stereocenters. The Hall–Kier alpha value is -3.32. The Morgan fingerprint density at radius 2 is 1.71 bits per heavy atom. The van der Waals surface area contributed by atoms with Gasteiger partial charge in [-0.15, -0.1) is 10.2 Å². The molecule has 2 aromatic carbocycles. The molecule has 0 saturated carbocycles. The van der Waals surface area contributed by atoms with Gasteiger partial charge < -0.3 is 4.90 Å². The van der Waals surface area contributed by atoms with Crippen LogP contribution in [-0.4, -0.2) is 43.9 Å². The van der Waals surface area contributed by atoms with E-state index in [2.05, 4.69) is 10.2 Å². The Bertz CT molecular complexity index is 1270. The molecule has 6 nitrogen and oxygen atoms in total. The first-order valence-electron chi connectivity index (χ1n) is 10.1. The van der Waals surface area contributed by atoms with Crippen LogP contribution in [0.5, 0.6) is 0 Å². The minimum Gasteiger partial charge on any atom is -0.341 e. The summed E-state index contributed by atoms with van der Waals surface area (Å²) >= 11 is 6.79. The molecule has 0 spiro atoms. The van der Waals surface area contributed by atoms with Crippen molar-refractivity contribution in [1.82, 2.24) is 24.9 Å². The Kier molecular flexibility index (Phi) is 5.11. The maximum absolute atomic E-state index is 13.8. The molecule has 156 valence electrons. The van der Waals surface area contributed by atoms with Gasteiger partial charge in [-0.1, -0.05) is 54.1 Å². The summed E-state index contributed by atoms with van der Waals surface area (Å²) < 4.78 is 15.4. The fraction of sp³-hybridized carbons (Fsp3) is 0.217. The van der Waals surface area contributed by atoms with E-state index in [-0.39, 0.29) is 18.3 Å². The molecule has 1 amide bonds. The van der Waals surface area contributed by atoms with Gasteiger partial charge in [-0.3, -0.25) is 4.79 Å². The van der Waals surface area contributed by atoms with Crippen LogP contribution in [0.2, 0.25) is 5.02 Å². The number of benzene rings is 2. The van der Waals surface area contributed by atoms with Crippen molar-refractivity contribution in [3.63, 3.8) is 0 Å². The first-order valence-corrected chi connectivity index (χ1v) is 10.5. The van der Waals surface area contributed by atoms with Crippen LogP contribution < -0.4 is 0 Å². The van der Waals surface area contributed by atoms with Crippen LogP contribution in [0.15, 0.2) is 54.6 Å². The maximum Gasteiger partial charge on any atom is 0.244 e. The summed E-state index contributed by atoms with van der Waals surface area (Å²) in [6.07, 6.45) is 2.03. The minimum absolute atomic E-state index is 0.00589. The molecule has 1 aliphatic heterocycles. The van der Waals surface area contributed by atoms with Gasteiger partial charge >= 0.3 is 0 Å². The van der Waals surface area contributed by atoms with E-state index in [1.165, 1.54) is 12.1 Å². The van der Waals surface area contributed by atoms with Crippen molar-refractivity contribution >= 4 is 28.5 Å². The SMILES string of the molecule is O=C(Cn1nc(-c2ccccc2)c2c(Cl)c(-c3cccc(F)c3)nnc21)N1CCCC1. The van der Waals surface area contributed by atoms with Gasteiger partial charge in [-0.25, -0.2) is 9.07 Å². The normalized spacial score (nSPS) is 13.8. The number of halogens is 2. The van der Waals surface area contributed by atoms with Gasteiger partial charge in [0.05, 0.1) is 10.4 Å². The summed E-state index contributed by atoms with van der Waals surface area (Å²) in [6, 6.07) is 15.6. The number of amides is 1. The van der Waals surface area contributed by atoms with Crippen LogP contribution >= 0.6 is 11.6 Å². The number of fused-ring (bicyclic) bond motifs is 1. The molecular weight excluding hydrogens is 417 g/mol. The maximum atomic E-state index is 13.8. The highest BCUT2D eigenvalue weighted by molar-refractivity contribution is 6.38. The fourth-order valence-corrected chi connectivity index (χ4v) is 4.26. The fourth-order valence-electron chi connectivity index (χ4n) is 3.94. The summed E-state index contributed by atoms with van der Waals surface area (Å²) in [5, 5.41) is 14.2. The van der Waals surface area contributed by atoms with Crippen molar-refractivity contribution in [3.05, 3.63) is 65.4 Å². The largest absolute Gasteiger partial charge is 0.341 e. The summed E-state index contributed by atoms with van der Waals surface area (Å²) in [7, 11) is 0. The molecule has 5 rings (SSSR count). The molecule has 0 bridgehead atoms. The number of likely N-dealkylation sites (tertiary alicyclic amines) is 1. The summed E-state index contributed by atoms with van der Waals surface area (Å²) in [4.78, 5) is 14.6. The van der Waals surface area contributed by atoms with E-state index in [1.807, 2.05) is 35.2 Å². The average Bonchev–Trinajstić information content (AvgIpc) is 3.44. The standard InChI is InChI=1S/C23H19ClFN5O/c24-20-19-21(15-7-2-1-3-8-15)28-30(14-18(31)29-11-4-5-12-29)23(19)27-26-22(20)16-9-6-10-17(25)13-16/h1-3,6-10,13H,4-5,11-12,14H2. The molecule has 1 fully saturated rings. The average molecular weight is 436 g/mol.